The second kappa shape index (κ2) is 6.06. The lowest BCUT2D eigenvalue weighted by Gasteiger charge is -2.39. The van der Waals surface area contributed by atoms with Crippen molar-refractivity contribution in [2.75, 3.05) is 13.1 Å². The second-order valence-electron chi connectivity index (χ2n) is 5.79. The fourth-order valence-electron chi connectivity index (χ4n) is 2.96. The van der Waals surface area contributed by atoms with E-state index in [0.29, 0.717) is 36.4 Å². The van der Waals surface area contributed by atoms with Crippen molar-refractivity contribution >= 4 is 23.5 Å². The minimum atomic E-state index is -0.818. The first kappa shape index (κ1) is 15.8. The molecule has 5 heteroatoms. The molecule has 0 aliphatic carbocycles. The van der Waals surface area contributed by atoms with Crippen molar-refractivity contribution in [2.24, 2.45) is 5.41 Å². The first-order valence-electron chi connectivity index (χ1n) is 7.18. The minimum Gasteiger partial charge on any atom is -0.481 e. The van der Waals surface area contributed by atoms with Crippen LogP contribution in [0.3, 0.4) is 0 Å². The smallest absolute Gasteiger partial charge is 0.311 e. The average molecular weight is 310 g/mol. The van der Waals surface area contributed by atoms with Gasteiger partial charge in [-0.2, -0.15) is 0 Å². The number of carboxylic acid groups (broad SMARTS) is 1. The van der Waals surface area contributed by atoms with Gasteiger partial charge in [0.25, 0.3) is 5.91 Å². The van der Waals surface area contributed by atoms with Gasteiger partial charge in [0.1, 0.15) is 0 Å². The first-order chi connectivity index (χ1) is 9.88. The number of nitrogens with zero attached hydrogens (tertiary/aromatic N) is 1. The zero-order valence-corrected chi connectivity index (χ0v) is 13.1. The summed E-state index contributed by atoms with van der Waals surface area (Å²) in [4.78, 5) is 25.8. The Kier molecular flexibility index (Phi) is 4.57. The van der Waals surface area contributed by atoms with Gasteiger partial charge in [0.2, 0.25) is 0 Å². The molecule has 1 aromatic carbocycles. The van der Waals surface area contributed by atoms with Gasteiger partial charge in [-0.25, -0.2) is 0 Å². The molecule has 1 aliphatic heterocycles. The number of halogens is 1. The number of carbonyl (C=O) groups is 2. The molecule has 1 aliphatic rings. The van der Waals surface area contributed by atoms with Crippen molar-refractivity contribution in [1.82, 2.24) is 4.90 Å². The van der Waals surface area contributed by atoms with Gasteiger partial charge in [0.05, 0.1) is 5.41 Å². The Balaban J connectivity index is 2.25. The highest BCUT2D eigenvalue weighted by molar-refractivity contribution is 6.31. The summed E-state index contributed by atoms with van der Waals surface area (Å²) < 4.78 is 0. The standard InChI is InChI=1S/C16H20ClNO3/c1-3-16(15(20)21)5-4-6-18(10-16)14(19)12-7-11(2)8-13(17)9-12/h7-9H,3-6,10H2,1-2H3,(H,20,21). The van der Waals surface area contributed by atoms with Crippen molar-refractivity contribution in [2.45, 2.75) is 33.1 Å². The number of aryl methyl sites for hydroxylation is 1. The maximum atomic E-state index is 12.6. The third-order valence-electron chi connectivity index (χ3n) is 4.28. The summed E-state index contributed by atoms with van der Waals surface area (Å²) in [6.07, 6.45) is 1.86. The number of carbonyl (C=O) groups excluding carboxylic acids is 1. The summed E-state index contributed by atoms with van der Waals surface area (Å²) >= 11 is 6.00. The second-order valence-corrected chi connectivity index (χ2v) is 6.22. The van der Waals surface area contributed by atoms with Crippen LogP contribution in [0.15, 0.2) is 18.2 Å². The Morgan fingerprint density at radius 3 is 2.67 bits per heavy atom. The van der Waals surface area contributed by atoms with Gasteiger partial charge >= 0.3 is 5.97 Å². The highest BCUT2D eigenvalue weighted by Crippen LogP contribution is 2.34. The number of aliphatic carboxylic acids is 1. The van der Waals surface area contributed by atoms with Crippen LogP contribution in [0.2, 0.25) is 5.02 Å². The Morgan fingerprint density at radius 2 is 2.10 bits per heavy atom. The third kappa shape index (κ3) is 3.21. The molecular weight excluding hydrogens is 290 g/mol. The Bertz CT molecular complexity index is 552. The average Bonchev–Trinajstić information content (AvgIpc) is 2.45. The largest absolute Gasteiger partial charge is 0.481 e. The van der Waals surface area contributed by atoms with E-state index < -0.39 is 11.4 Å². The van der Waals surface area contributed by atoms with E-state index in [1.54, 1.807) is 23.1 Å². The van der Waals surface area contributed by atoms with Crippen LogP contribution in [-0.4, -0.2) is 35.0 Å². The summed E-state index contributed by atoms with van der Waals surface area (Å²) in [6.45, 7) is 4.61. The highest BCUT2D eigenvalue weighted by Gasteiger charge is 2.42. The van der Waals surface area contributed by atoms with Gasteiger partial charge in [0.15, 0.2) is 0 Å². The topological polar surface area (TPSA) is 57.6 Å². The van der Waals surface area contributed by atoms with E-state index in [-0.39, 0.29) is 12.5 Å². The Hall–Kier alpha value is -1.55. The molecule has 2 rings (SSSR count). The summed E-state index contributed by atoms with van der Waals surface area (Å²) in [5, 5.41) is 10.0. The molecule has 1 aromatic rings. The molecule has 0 bridgehead atoms. The predicted molar refractivity (Wildman–Crippen MR) is 81.7 cm³/mol. The van der Waals surface area contributed by atoms with Crippen LogP contribution < -0.4 is 0 Å². The zero-order chi connectivity index (χ0) is 15.6. The van der Waals surface area contributed by atoms with Crippen molar-refractivity contribution in [1.29, 1.82) is 0 Å². The van der Waals surface area contributed by atoms with E-state index in [1.165, 1.54) is 0 Å². The molecule has 21 heavy (non-hydrogen) atoms. The van der Waals surface area contributed by atoms with E-state index >= 15 is 0 Å². The lowest BCUT2D eigenvalue weighted by atomic mass is 9.77. The number of amides is 1. The first-order valence-corrected chi connectivity index (χ1v) is 7.55. The molecule has 0 aromatic heterocycles. The molecule has 0 saturated carbocycles. The van der Waals surface area contributed by atoms with Crippen LogP contribution in [0, 0.1) is 12.3 Å². The quantitative estimate of drug-likeness (QED) is 0.931. The minimum absolute atomic E-state index is 0.139. The molecule has 1 atom stereocenters. The normalized spacial score (nSPS) is 22.1. The maximum absolute atomic E-state index is 12.6. The molecule has 1 heterocycles. The third-order valence-corrected chi connectivity index (χ3v) is 4.50. The van der Waals surface area contributed by atoms with E-state index in [9.17, 15) is 14.7 Å². The van der Waals surface area contributed by atoms with E-state index in [0.717, 1.165) is 5.56 Å². The number of rotatable bonds is 3. The van der Waals surface area contributed by atoms with Gasteiger partial charge in [-0.15, -0.1) is 0 Å². The Labute approximate surface area is 129 Å². The lowest BCUT2D eigenvalue weighted by Crippen LogP contribution is -2.49. The van der Waals surface area contributed by atoms with E-state index in [4.69, 9.17) is 11.6 Å². The molecule has 4 nitrogen and oxygen atoms in total. The summed E-state index contributed by atoms with van der Waals surface area (Å²) in [6, 6.07) is 5.22. The molecule has 1 N–H and O–H groups in total. The fourth-order valence-corrected chi connectivity index (χ4v) is 3.25. The van der Waals surface area contributed by atoms with Gasteiger partial charge in [0, 0.05) is 23.7 Å². The van der Waals surface area contributed by atoms with Crippen molar-refractivity contribution < 1.29 is 14.7 Å². The number of carboxylic acids is 1. The number of benzene rings is 1. The van der Waals surface area contributed by atoms with E-state index in [2.05, 4.69) is 0 Å². The fraction of sp³-hybridized carbons (Fsp3) is 0.500. The molecule has 0 spiro atoms. The van der Waals surface area contributed by atoms with E-state index in [1.807, 2.05) is 13.8 Å². The van der Waals surface area contributed by atoms with Crippen LogP contribution >= 0.6 is 11.6 Å². The van der Waals surface area contributed by atoms with Crippen LogP contribution in [0.4, 0.5) is 0 Å². The number of likely N-dealkylation sites (tertiary alicyclic amines) is 1. The number of piperidine rings is 1. The molecule has 0 radical (unpaired) electrons. The molecule has 1 saturated heterocycles. The van der Waals surface area contributed by atoms with Crippen LogP contribution in [0.25, 0.3) is 0 Å². The van der Waals surface area contributed by atoms with Crippen LogP contribution in [-0.2, 0) is 4.79 Å². The SMILES string of the molecule is CCC1(C(=O)O)CCCN(C(=O)c2cc(C)cc(Cl)c2)C1. The molecular formula is C16H20ClNO3. The predicted octanol–water partition coefficient (Wildman–Crippen LogP) is 3.37. The summed E-state index contributed by atoms with van der Waals surface area (Å²) in [5.74, 6) is -0.954. The number of hydrogen-bond donors (Lipinski definition) is 1. The highest BCUT2D eigenvalue weighted by atomic mass is 35.5. The lowest BCUT2D eigenvalue weighted by molar-refractivity contribution is -0.152. The van der Waals surface area contributed by atoms with Crippen LogP contribution in [0.5, 0.6) is 0 Å². The molecule has 1 fully saturated rings. The molecule has 1 amide bonds. The zero-order valence-electron chi connectivity index (χ0n) is 12.4. The monoisotopic (exact) mass is 309 g/mol. The van der Waals surface area contributed by atoms with Gasteiger partial charge < -0.3 is 10.0 Å². The molecule has 1 unspecified atom stereocenters. The number of hydrogen-bond acceptors (Lipinski definition) is 2. The Morgan fingerprint density at radius 1 is 1.38 bits per heavy atom. The maximum Gasteiger partial charge on any atom is 0.311 e. The molecule has 114 valence electrons. The van der Waals surface area contributed by atoms with Gasteiger partial charge in [-0.3, -0.25) is 9.59 Å². The van der Waals surface area contributed by atoms with Crippen LogP contribution in [0.1, 0.15) is 42.1 Å². The van der Waals surface area contributed by atoms with Gasteiger partial charge in [-0.05, 0) is 49.9 Å². The summed E-state index contributed by atoms with van der Waals surface area (Å²) in [5.41, 5.74) is 0.627. The summed E-state index contributed by atoms with van der Waals surface area (Å²) in [7, 11) is 0. The van der Waals surface area contributed by atoms with Crippen molar-refractivity contribution in [3.63, 3.8) is 0 Å². The van der Waals surface area contributed by atoms with Gasteiger partial charge in [-0.1, -0.05) is 18.5 Å². The van der Waals surface area contributed by atoms with Crippen molar-refractivity contribution in [3.8, 4) is 0 Å². The van der Waals surface area contributed by atoms with Crippen molar-refractivity contribution in [3.05, 3.63) is 34.3 Å².